The maximum Gasteiger partial charge on any atom is 0.335 e. The average molecular weight is 480 g/mol. The summed E-state index contributed by atoms with van der Waals surface area (Å²) in [4.78, 5) is 30.7. The van der Waals surface area contributed by atoms with E-state index < -0.39 is 5.97 Å². The molecule has 0 unspecified atom stereocenters. The number of aromatic carboxylic acids is 1. The molecular weight excluding hydrogens is 458 g/mol. The number of anilines is 2. The lowest BCUT2D eigenvalue weighted by atomic mass is 10.1. The number of nitrogens with two attached hydrogens (primary N) is 2. The van der Waals surface area contributed by atoms with Crippen molar-refractivity contribution in [2.75, 3.05) is 11.5 Å². The van der Waals surface area contributed by atoms with Crippen molar-refractivity contribution in [3.8, 4) is 22.5 Å². The highest BCUT2D eigenvalue weighted by atomic mass is 32.1. The van der Waals surface area contributed by atoms with Crippen molar-refractivity contribution in [2.45, 2.75) is 18.9 Å². The fourth-order valence-corrected chi connectivity index (χ4v) is 4.06. The van der Waals surface area contributed by atoms with Crippen LogP contribution in [0, 0.1) is 0 Å². The third kappa shape index (κ3) is 5.93. The van der Waals surface area contributed by atoms with E-state index in [2.05, 4.69) is 15.3 Å². The molecule has 1 aliphatic carbocycles. The van der Waals surface area contributed by atoms with E-state index in [-0.39, 0.29) is 11.5 Å². The molecule has 0 bridgehead atoms. The predicted molar refractivity (Wildman–Crippen MR) is 131 cm³/mol. The summed E-state index contributed by atoms with van der Waals surface area (Å²) < 4.78 is 0. The van der Waals surface area contributed by atoms with Crippen LogP contribution in [0.25, 0.3) is 22.5 Å². The second kappa shape index (κ2) is 9.80. The molecule has 2 aromatic heterocycles. The minimum Gasteiger partial charge on any atom is -0.478 e. The first-order valence-corrected chi connectivity index (χ1v) is 11.8. The molecule has 33 heavy (non-hydrogen) atoms. The number of nitrogen functional groups attached to an aromatic ring is 2. The highest BCUT2D eigenvalue weighted by molar-refractivity contribution is 7.14. The number of hydrogen-bond acceptors (Lipinski definition) is 8. The van der Waals surface area contributed by atoms with E-state index in [1.165, 1.54) is 22.7 Å². The van der Waals surface area contributed by atoms with Gasteiger partial charge in [0.05, 0.1) is 17.0 Å². The van der Waals surface area contributed by atoms with Crippen LogP contribution < -0.4 is 16.8 Å². The highest BCUT2D eigenvalue weighted by Crippen LogP contribution is 2.25. The zero-order valence-corrected chi connectivity index (χ0v) is 19.0. The minimum absolute atomic E-state index is 0.00171. The molecule has 2 aromatic carbocycles. The first kappa shape index (κ1) is 22.4. The molecule has 0 aliphatic heterocycles. The van der Waals surface area contributed by atoms with Gasteiger partial charge in [0.25, 0.3) is 5.91 Å². The Balaban J connectivity index is 0.000000160. The van der Waals surface area contributed by atoms with Crippen molar-refractivity contribution in [2.24, 2.45) is 0 Å². The molecule has 6 N–H and O–H groups in total. The number of carbonyl (C=O) groups excluding carboxylic acids is 1. The first-order chi connectivity index (χ1) is 15.9. The lowest BCUT2D eigenvalue weighted by molar-refractivity contribution is 0.0696. The zero-order valence-electron chi connectivity index (χ0n) is 17.4. The Labute approximate surface area is 197 Å². The predicted octanol–water partition coefficient (Wildman–Crippen LogP) is 4.38. The van der Waals surface area contributed by atoms with Gasteiger partial charge in [-0.1, -0.05) is 24.3 Å². The van der Waals surface area contributed by atoms with E-state index in [0.717, 1.165) is 35.4 Å². The zero-order chi connectivity index (χ0) is 23.4. The fraction of sp³-hybridized carbons (Fsp3) is 0.130. The number of carboxylic acids is 1. The highest BCUT2D eigenvalue weighted by Gasteiger charge is 2.23. The number of hydrogen-bond donors (Lipinski definition) is 4. The average Bonchev–Trinajstić information content (AvgIpc) is 3.35. The van der Waals surface area contributed by atoms with Gasteiger partial charge in [0.1, 0.15) is 0 Å². The summed E-state index contributed by atoms with van der Waals surface area (Å²) in [6.07, 6.45) is 2.20. The maximum atomic E-state index is 11.8. The van der Waals surface area contributed by atoms with E-state index in [1.54, 1.807) is 24.3 Å². The number of nitrogens with one attached hydrogen (secondary N) is 1. The molecule has 1 saturated carbocycles. The Bertz CT molecular complexity index is 1260. The number of carbonyl (C=O) groups is 2. The maximum absolute atomic E-state index is 11.8. The van der Waals surface area contributed by atoms with Crippen LogP contribution in [0.1, 0.15) is 33.6 Å². The number of amides is 1. The van der Waals surface area contributed by atoms with Crippen LogP contribution in [0.5, 0.6) is 0 Å². The van der Waals surface area contributed by atoms with Crippen molar-refractivity contribution in [1.29, 1.82) is 0 Å². The SMILES string of the molecule is Nc1nc(-c2ccc(C(=O)NC3CC3)cc2)cs1.Nc1nc(-c2ccc(C(=O)O)cc2)cs1. The van der Waals surface area contributed by atoms with Gasteiger partial charge in [0.2, 0.25) is 0 Å². The molecule has 10 heteroatoms. The molecule has 1 aliphatic rings. The number of carboxylic acid groups (broad SMARTS) is 1. The molecule has 0 radical (unpaired) electrons. The fourth-order valence-electron chi connectivity index (χ4n) is 2.91. The normalized spacial score (nSPS) is 12.5. The van der Waals surface area contributed by atoms with Gasteiger partial charge in [-0.25, -0.2) is 14.8 Å². The van der Waals surface area contributed by atoms with Crippen molar-refractivity contribution in [3.63, 3.8) is 0 Å². The second-order valence-corrected chi connectivity index (χ2v) is 9.13. The third-order valence-electron chi connectivity index (χ3n) is 4.83. The lowest BCUT2D eigenvalue weighted by Crippen LogP contribution is -2.25. The van der Waals surface area contributed by atoms with Crippen molar-refractivity contribution >= 4 is 44.8 Å². The van der Waals surface area contributed by atoms with Gasteiger partial charge >= 0.3 is 5.97 Å². The Kier molecular flexibility index (Phi) is 6.66. The second-order valence-electron chi connectivity index (χ2n) is 7.35. The molecule has 4 aromatic rings. The number of aromatic nitrogens is 2. The molecular formula is C23H21N5O3S2. The van der Waals surface area contributed by atoms with E-state index in [4.69, 9.17) is 16.6 Å². The van der Waals surface area contributed by atoms with E-state index in [0.29, 0.717) is 21.9 Å². The Morgan fingerprint density at radius 3 is 1.64 bits per heavy atom. The van der Waals surface area contributed by atoms with Crippen molar-refractivity contribution in [1.82, 2.24) is 15.3 Å². The Morgan fingerprint density at radius 2 is 1.27 bits per heavy atom. The van der Waals surface area contributed by atoms with Crippen LogP contribution in [-0.4, -0.2) is 33.0 Å². The van der Waals surface area contributed by atoms with Gasteiger partial charge in [-0.15, -0.1) is 22.7 Å². The standard InChI is InChI=1S/C13H13N3OS.C10H8N2O2S/c14-13-16-11(7-18-13)8-1-3-9(4-2-8)12(17)15-10-5-6-10;11-10-12-8(5-15-10)6-1-3-7(4-2-6)9(13)14/h1-4,7,10H,5-6H2,(H2,14,16)(H,15,17);1-5H,(H2,11,12)(H,13,14). The molecule has 0 atom stereocenters. The summed E-state index contributed by atoms with van der Waals surface area (Å²) in [6, 6.07) is 14.4. The van der Waals surface area contributed by atoms with Crippen LogP contribution in [0.15, 0.2) is 59.3 Å². The monoisotopic (exact) mass is 479 g/mol. The summed E-state index contributed by atoms with van der Waals surface area (Å²) in [5, 5.41) is 16.5. The first-order valence-electron chi connectivity index (χ1n) is 10.1. The quantitative estimate of drug-likeness (QED) is 0.332. The van der Waals surface area contributed by atoms with Gasteiger partial charge in [-0.2, -0.15) is 0 Å². The summed E-state index contributed by atoms with van der Waals surface area (Å²) in [5.74, 6) is -0.929. The van der Waals surface area contributed by atoms with Gasteiger partial charge in [-0.05, 0) is 37.1 Å². The Morgan fingerprint density at radius 1 is 0.818 bits per heavy atom. The summed E-state index contributed by atoms with van der Waals surface area (Å²) >= 11 is 2.77. The molecule has 1 fully saturated rings. The van der Waals surface area contributed by atoms with E-state index in [9.17, 15) is 9.59 Å². The van der Waals surface area contributed by atoms with Crippen LogP contribution in [0.2, 0.25) is 0 Å². The third-order valence-corrected chi connectivity index (χ3v) is 6.17. The van der Waals surface area contributed by atoms with Gasteiger partial charge in [0.15, 0.2) is 10.3 Å². The molecule has 0 spiro atoms. The summed E-state index contributed by atoms with van der Waals surface area (Å²) in [6.45, 7) is 0. The van der Waals surface area contributed by atoms with Crippen LogP contribution in [-0.2, 0) is 0 Å². The Hall–Kier alpha value is -3.76. The molecule has 0 saturated heterocycles. The number of nitrogens with zero attached hydrogens (tertiary/aromatic N) is 2. The largest absolute Gasteiger partial charge is 0.478 e. The van der Waals surface area contributed by atoms with Gasteiger partial charge in [0, 0.05) is 33.5 Å². The van der Waals surface area contributed by atoms with Crippen LogP contribution in [0.3, 0.4) is 0 Å². The minimum atomic E-state index is -0.931. The van der Waals surface area contributed by atoms with Crippen LogP contribution in [0.4, 0.5) is 10.3 Å². The summed E-state index contributed by atoms with van der Waals surface area (Å²) in [5.41, 5.74) is 15.5. The van der Waals surface area contributed by atoms with Crippen molar-refractivity contribution < 1.29 is 14.7 Å². The van der Waals surface area contributed by atoms with E-state index >= 15 is 0 Å². The molecule has 5 rings (SSSR count). The molecule has 8 nitrogen and oxygen atoms in total. The van der Waals surface area contributed by atoms with E-state index in [1.807, 2.05) is 35.0 Å². The lowest BCUT2D eigenvalue weighted by Gasteiger charge is -2.03. The van der Waals surface area contributed by atoms with Gasteiger partial charge in [-0.3, -0.25) is 4.79 Å². The number of thiazole rings is 2. The molecule has 1 amide bonds. The van der Waals surface area contributed by atoms with Crippen molar-refractivity contribution in [3.05, 3.63) is 70.4 Å². The van der Waals surface area contributed by atoms with Crippen LogP contribution >= 0.6 is 22.7 Å². The number of rotatable bonds is 5. The summed E-state index contributed by atoms with van der Waals surface area (Å²) in [7, 11) is 0. The topological polar surface area (TPSA) is 144 Å². The smallest absolute Gasteiger partial charge is 0.335 e. The number of benzene rings is 2. The molecule has 2 heterocycles. The molecule has 168 valence electrons. The van der Waals surface area contributed by atoms with Gasteiger partial charge < -0.3 is 21.9 Å².